The number of benzene rings is 2. The first kappa shape index (κ1) is 17.5. The Labute approximate surface area is 152 Å². The molecule has 2 aromatic rings. The zero-order chi connectivity index (χ0) is 18.7. The van der Waals surface area contributed by atoms with Gasteiger partial charge in [-0.05, 0) is 49.2 Å². The van der Waals surface area contributed by atoms with Gasteiger partial charge < -0.3 is 15.0 Å². The average molecular weight is 349 g/mol. The molecule has 1 aliphatic heterocycles. The van der Waals surface area contributed by atoms with Crippen LogP contribution >= 0.6 is 0 Å². The van der Waals surface area contributed by atoms with Gasteiger partial charge >= 0.3 is 0 Å². The highest BCUT2D eigenvalue weighted by atomic mass is 16.5. The Morgan fingerprint density at radius 1 is 1.31 bits per heavy atom. The lowest BCUT2D eigenvalue weighted by atomic mass is 10.1. The van der Waals surface area contributed by atoms with Gasteiger partial charge in [-0.25, -0.2) is 0 Å². The molecule has 0 aromatic heterocycles. The van der Waals surface area contributed by atoms with Crippen LogP contribution in [-0.4, -0.2) is 31.5 Å². The molecule has 0 spiro atoms. The highest BCUT2D eigenvalue weighted by Gasteiger charge is 2.28. The maximum absolute atomic E-state index is 12.2. The molecule has 0 aliphatic carbocycles. The summed E-state index contributed by atoms with van der Waals surface area (Å²) in [6.07, 6.45) is 0.135. The Morgan fingerprint density at radius 2 is 2.12 bits per heavy atom. The Morgan fingerprint density at radius 3 is 2.88 bits per heavy atom. The van der Waals surface area contributed by atoms with Crippen molar-refractivity contribution >= 4 is 17.5 Å². The van der Waals surface area contributed by atoms with E-state index in [2.05, 4.69) is 5.32 Å². The van der Waals surface area contributed by atoms with Gasteiger partial charge in [0.2, 0.25) is 0 Å². The first-order chi connectivity index (χ1) is 12.5. The van der Waals surface area contributed by atoms with E-state index in [0.717, 1.165) is 11.3 Å². The molecule has 0 radical (unpaired) electrons. The van der Waals surface area contributed by atoms with Crippen molar-refractivity contribution in [2.24, 2.45) is 0 Å². The second kappa shape index (κ2) is 7.28. The van der Waals surface area contributed by atoms with Crippen molar-refractivity contribution in [2.45, 2.75) is 19.4 Å². The third kappa shape index (κ3) is 3.52. The number of ether oxygens (including phenoxy) is 1. The van der Waals surface area contributed by atoms with Crippen molar-refractivity contribution in [1.82, 2.24) is 5.32 Å². The summed E-state index contributed by atoms with van der Waals surface area (Å²) in [5.41, 5.74) is 2.64. The van der Waals surface area contributed by atoms with Crippen LogP contribution < -0.4 is 15.0 Å². The predicted octanol–water partition coefficient (Wildman–Crippen LogP) is 2.27. The fraction of sp³-hybridized carbons (Fsp3) is 0.250. The number of carbonyl (C=O) groups is 2. The molecule has 26 heavy (non-hydrogen) atoms. The summed E-state index contributed by atoms with van der Waals surface area (Å²) in [6, 6.07) is 14.3. The van der Waals surface area contributed by atoms with E-state index in [1.165, 1.54) is 0 Å². The van der Waals surface area contributed by atoms with Crippen molar-refractivity contribution in [3.05, 3.63) is 59.2 Å². The minimum absolute atomic E-state index is 0.0830. The molecule has 0 bridgehead atoms. The number of nitriles is 1. The van der Waals surface area contributed by atoms with Crippen LogP contribution in [0, 0.1) is 11.3 Å². The molecule has 1 atom stereocenters. The topological polar surface area (TPSA) is 82.4 Å². The molecule has 0 saturated heterocycles. The summed E-state index contributed by atoms with van der Waals surface area (Å²) in [5, 5.41) is 11.7. The minimum Gasteiger partial charge on any atom is -0.479 e. The monoisotopic (exact) mass is 349 g/mol. The highest BCUT2D eigenvalue weighted by molar-refractivity contribution is 5.99. The molecule has 6 heteroatoms. The van der Waals surface area contributed by atoms with Crippen LogP contribution in [-0.2, 0) is 11.2 Å². The van der Waals surface area contributed by atoms with Gasteiger partial charge in [0.05, 0.1) is 17.3 Å². The van der Waals surface area contributed by atoms with Crippen LogP contribution in [0.5, 0.6) is 5.75 Å². The fourth-order valence-corrected chi connectivity index (χ4v) is 2.86. The van der Waals surface area contributed by atoms with Gasteiger partial charge in [0.1, 0.15) is 5.75 Å². The van der Waals surface area contributed by atoms with Gasteiger partial charge in [-0.2, -0.15) is 5.26 Å². The van der Waals surface area contributed by atoms with E-state index in [-0.39, 0.29) is 11.8 Å². The lowest BCUT2D eigenvalue weighted by Crippen LogP contribution is -2.42. The summed E-state index contributed by atoms with van der Waals surface area (Å²) >= 11 is 0. The van der Waals surface area contributed by atoms with Crippen molar-refractivity contribution in [1.29, 1.82) is 5.26 Å². The Hall–Kier alpha value is -3.33. The highest BCUT2D eigenvalue weighted by Crippen LogP contribution is 2.33. The molecule has 0 saturated carbocycles. The van der Waals surface area contributed by atoms with Gasteiger partial charge in [-0.15, -0.1) is 0 Å². The zero-order valence-corrected chi connectivity index (χ0v) is 14.7. The molecule has 1 unspecified atom stereocenters. The van der Waals surface area contributed by atoms with Gasteiger partial charge in [-0.3, -0.25) is 9.59 Å². The van der Waals surface area contributed by atoms with Crippen LogP contribution in [0.15, 0.2) is 42.5 Å². The fourth-order valence-electron chi connectivity index (χ4n) is 2.86. The van der Waals surface area contributed by atoms with E-state index in [0.29, 0.717) is 29.8 Å². The van der Waals surface area contributed by atoms with E-state index >= 15 is 0 Å². The number of hydrogen-bond donors (Lipinski definition) is 1. The first-order valence-corrected chi connectivity index (χ1v) is 8.35. The minimum atomic E-state index is -0.484. The lowest BCUT2D eigenvalue weighted by molar-refractivity contribution is -0.125. The normalized spacial score (nSPS) is 15.7. The Balaban J connectivity index is 1.63. The largest absolute Gasteiger partial charge is 0.479 e. The van der Waals surface area contributed by atoms with Crippen molar-refractivity contribution in [3.63, 3.8) is 0 Å². The molecule has 2 amide bonds. The maximum Gasteiger partial charge on any atom is 0.267 e. The predicted molar refractivity (Wildman–Crippen MR) is 97.1 cm³/mol. The lowest BCUT2D eigenvalue weighted by Gasteiger charge is -2.30. The van der Waals surface area contributed by atoms with Gasteiger partial charge in [0.15, 0.2) is 6.10 Å². The van der Waals surface area contributed by atoms with Gasteiger partial charge in [0.25, 0.3) is 11.8 Å². The first-order valence-electron chi connectivity index (χ1n) is 8.35. The quantitative estimate of drug-likeness (QED) is 0.918. The maximum atomic E-state index is 12.2. The summed E-state index contributed by atoms with van der Waals surface area (Å²) < 4.78 is 5.60. The van der Waals surface area contributed by atoms with E-state index in [9.17, 15) is 9.59 Å². The summed E-state index contributed by atoms with van der Waals surface area (Å²) in [5.74, 6) is 0.380. The number of anilines is 1. The Bertz CT molecular complexity index is 901. The molecule has 1 heterocycles. The summed E-state index contributed by atoms with van der Waals surface area (Å²) in [4.78, 5) is 25.8. The number of nitrogens with zero attached hydrogens (tertiary/aromatic N) is 2. The number of rotatable bonds is 4. The SMILES string of the molecule is CC1Oc2ccc(CCNC(=O)c3cccc(C#N)c3)cc2N(C)C1=O. The third-order valence-corrected chi connectivity index (χ3v) is 4.32. The summed E-state index contributed by atoms with van der Waals surface area (Å²) in [6.45, 7) is 2.18. The number of hydrogen-bond acceptors (Lipinski definition) is 4. The van der Waals surface area contributed by atoms with Crippen molar-refractivity contribution in [2.75, 3.05) is 18.5 Å². The molecular weight excluding hydrogens is 330 g/mol. The van der Waals surface area contributed by atoms with Crippen LogP contribution in [0.25, 0.3) is 0 Å². The molecule has 3 rings (SSSR count). The summed E-state index contributed by atoms with van der Waals surface area (Å²) in [7, 11) is 1.73. The number of nitrogens with one attached hydrogen (secondary N) is 1. The van der Waals surface area contributed by atoms with Crippen LogP contribution in [0.4, 0.5) is 5.69 Å². The van der Waals surface area contributed by atoms with E-state index in [4.69, 9.17) is 10.00 Å². The Kier molecular flexibility index (Phi) is 4.90. The molecule has 132 valence electrons. The van der Waals surface area contributed by atoms with Crippen LogP contribution in [0.3, 0.4) is 0 Å². The average Bonchev–Trinajstić information content (AvgIpc) is 2.66. The molecule has 2 aromatic carbocycles. The molecular formula is C20H19N3O3. The molecule has 1 N–H and O–H groups in total. The third-order valence-electron chi connectivity index (χ3n) is 4.32. The van der Waals surface area contributed by atoms with Crippen molar-refractivity contribution in [3.8, 4) is 11.8 Å². The van der Waals surface area contributed by atoms with Crippen LogP contribution in [0.2, 0.25) is 0 Å². The van der Waals surface area contributed by atoms with Gasteiger partial charge in [0, 0.05) is 19.2 Å². The number of likely N-dealkylation sites (N-methyl/N-ethyl adjacent to an activating group) is 1. The molecule has 6 nitrogen and oxygen atoms in total. The second-order valence-corrected chi connectivity index (χ2v) is 6.16. The van der Waals surface area contributed by atoms with E-state index in [1.807, 2.05) is 24.3 Å². The van der Waals surface area contributed by atoms with E-state index < -0.39 is 6.10 Å². The smallest absolute Gasteiger partial charge is 0.267 e. The molecule has 0 fully saturated rings. The molecule has 1 aliphatic rings. The van der Waals surface area contributed by atoms with E-state index in [1.54, 1.807) is 43.1 Å². The standard InChI is InChI=1S/C20H19N3O3/c1-13-20(25)23(2)17-11-14(6-7-18(17)26-13)8-9-22-19(24)16-5-3-4-15(10-16)12-21/h3-7,10-11,13H,8-9H2,1-2H3,(H,22,24). The number of fused-ring (bicyclic) bond motifs is 1. The zero-order valence-electron chi connectivity index (χ0n) is 14.7. The van der Waals surface area contributed by atoms with Crippen LogP contribution in [0.1, 0.15) is 28.4 Å². The van der Waals surface area contributed by atoms with Gasteiger partial charge in [-0.1, -0.05) is 12.1 Å². The number of amides is 2. The number of carbonyl (C=O) groups excluding carboxylic acids is 2. The van der Waals surface area contributed by atoms with Crippen molar-refractivity contribution < 1.29 is 14.3 Å². The second-order valence-electron chi connectivity index (χ2n) is 6.16.